The van der Waals surface area contributed by atoms with Crippen molar-refractivity contribution in [1.82, 2.24) is 15.5 Å². The van der Waals surface area contributed by atoms with E-state index in [-0.39, 0.29) is 0 Å². The fourth-order valence-electron chi connectivity index (χ4n) is 2.66. The molecule has 2 heterocycles. The Kier molecular flexibility index (Phi) is 6.33. The molecule has 1 saturated heterocycles. The van der Waals surface area contributed by atoms with E-state index in [0.717, 1.165) is 31.4 Å². The quantitative estimate of drug-likeness (QED) is 0.642. The molecule has 1 atom stereocenters. The summed E-state index contributed by atoms with van der Waals surface area (Å²) in [5.41, 5.74) is 0. The van der Waals surface area contributed by atoms with Crippen LogP contribution in [0.3, 0.4) is 0 Å². The summed E-state index contributed by atoms with van der Waals surface area (Å²) in [5, 5.41) is 8.97. The molecule has 20 heavy (non-hydrogen) atoms. The molecule has 1 aliphatic heterocycles. The van der Waals surface area contributed by atoms with Gasteiger partial charge in [-0.15, -0.1) is 11.3 Å². The molecular weight excluding hydrogens is 268 g/mol. The van der Waals surface area contributed by atoms with Crippen LogP contribution in [-0.4, -0.2) is 51.1 Å². The highest BCUT2D eigenvalue weighted by Gasteiger charge is 2.17. The van der Waals surface area contributed by atoms with Gasteiger partial charge < -0.3 is 15.5 Å². The Balaban J connectivity index is 1.64. The Hall–Kier alpha value is -1.07. The summed E-state index contributed by atoms with van der Waals surface area (Å²) in [5.74, 6) is 1.67. The highest BCUT2D eigenvalue weighted by atomic mass is 32.1. The summed E-state index contributed by atoms with van der Waals surface area (Å²) in [4.78, 5) is 8.13. The Bertz CT molecular complexity index is 402. The number of hydrogen-bond acceptors (Lipinski definition) is 3. The van der Waals surface area contributed by atoms with E-state index in [9.17, 15) is 0 Å². The third kappa shape index (κ3) is 5.13. The number of aliphatic imine (C=N–C) groups is 1. The average Bonchev–Trinajstić information content (AvgIpc) is 2.96. The van der Waals surface area contributed by atoms with Gasteiger partial charge in [0.1, 0.15) is 0 Å². The fraction of sp³-hybridized carbons (Fsp3) is 0.667. The molecule has 112 valence electrons. The minimum Gasteiger partial charge on any atom is -0.356 e. The third-order valence-corrected chi connectivity index (χ3v) is 4.68. The molecule has 2 N–H and O–H groups in total. The Morgan fingerprint density at radius 2 is 2.40 bits per heavy atom. The van der Waals surface area contributed by atoms with Gasteiger partial charge in [0, 0.05) is 31.6 Å². The van der Waals surface area contributed by atoms with Crippen LogP contribution in [0.5, 0.6) is 0 Å². The molecule has 1 fully saturated rings. The number of likely N-dealkylation sites (tertiary alicyclic amines) is 1. The lowest BCUT2D eigenvalue weighted by Crippen LogP contribution is -2.44. The predicted octanol–water partition coefficient (Wildman–Crippen LogP) is 1.80. The maximum Gasteiger partial charge on any atom is 0.190 e. The van der Waals surface area contributed by atoms with E-state index < -0.39 is 0 Å². The van der Waals surface area contributed by atoms with Crippen LogP contribution >= 0.6 is 11.3 Å². The van der Waals surface area contributed by atoms with Crippen LogP contribution in [-0.2, 0) is 6.42 Å². The summed E-state index contributed by atoms with van der Waals surface area (Å²) < 4.78 is 0. The summed E-state index contributed by atoms with van der Waals surface area (Å²) in [6.07, 6.45) is 3.70. The molecule has 4 nitrogen and oxygen atoms in total. The zero-order chi connectivity index (χ0) is 14.2. The first-order valence-electron chi connectivity index (χ1n) is 7.43. The molecule has 0 radical (unpaired) electrons. The largest absolute Gasteiger partial charge is 0.356 e. The SMILES string of the molecule is CN=C(NCCc1cccs1)NCC1CCCN(C)C1. The molecule has 2 rings (SSSR count). The van der Waals surface area contributed by atoms with E-state index in [1.54, 1.807) is 0 Å². The zero-order valence-electron chi connectivity index (χ0n) is 12.6. The van der Waals surface area contributed by atoms with E-state index in [4.69, 9.17) is 0 Å². The van der Waals surface area contributed by atoms with Crippen molar-refractivity contribution in [3.8, 4) is 0 Å². The second-order valence-corrected chi connectivity index (χ2v) is 6.51. The van der Waals surface area contributed by atoms with Crippen LogP contribution in [0, 0.1) is 5.92 Å². The average molecular weight is 294 g/mol. The molecule has 5 heteroatoms. The molecule has 0 saturated carbocycles. The van der Waals surface area contributed by atoms with E-state index >= 15 is 0 Å². The number of rotatable bonds is 5. The van der Waals surface area contributed by atoms with Crippen LogP contribution in [0.15, 0.2) is 22.5 Å². The van der Waals surface area contributed by atoms with Crippen LogP contribution < -0.4 is 10.6 Å². The van der Waals surface area contributed by atoms with E-state index in [1.807, 2.05) is 18.4 Å². The number of guanidine groups is 1. The molecule has 0 bridgehead atoms. The minimum atomic E-state index is 0.740. The van der Waals surface area contributed by atoms with Crippen molar-refractivity contribution >= 4 is 17.3 Å². The highest BCUT2D eigenvalue weighted by molar-refractivity contribution is 7.09. The molecule has 1 unspecified atom stereocenters. The van der Waals surface area contributed by atoms with Crippen molar-refractivity contribution in [1.29, 1.82) is 0 Å². The summed E-state index contributed by atoms with van der Waals surface area (Å²) in [6, 6.07) is 4.28. The first-order chi connectivity index (χ1) is 9.78. The standard InChI is InChI=1S/C15H26N4S/c1-16-15(17-8-7-14-6-4-10-20-14)18-11-13-5-3-9-19(2)12-13/h4,6,10,13H,3,5,7-9,11-12H2,1-2H3,(H2,16,17,18). The van der Waals surface area contributed by atoms with Crippen LogP contribution in [0.2, 0.25) is 0 Å². The van der Waals surface area contributed by atoms with E-state index in [0.29, 0.717) is 0 Å². The van der Waals surface area contributed by atoms with Gasteiger partial charge in [0.05, 0.1) is 0 Å². The fourth-order valence-corrected chi connectivity index (χ4v) is 3.37. The maximum atomic E-state index is 4.29. The lowest BCUT2D eigenvalue weighted by atomic mass is 9.99. The number of piperidine rings is 1. The van der Waals surface area contributed by atoms with Crippen LogP contribution in [0.4, 0.5) is 0 Å². The summed E-state index contributed by atoms with van der Waals surface area (Å²) in [6.45, 7) is 4.39. The Labute approximate surface area is 126 Å². The summed E-state index contributed by atoms with van der Waals surface area (Å²) in [7, 11) is 4.05. The van der Waals surface area contributed by atoms with Gasteiger partial charge in [0.25, 0.3) is 0 Å². The highest BCUT2D eigenvalue weighted by Crippen LogP contribution is 2.13. The lowest BCUT2D eigenvalue weighted by molar-refractivity contribution is 0.210. The van der Waals surface area contributed by atoms with Crippen molar-refractivity contribution in [2.75, 3.05) is 40.3 Å². The molecule has 1 aromatic heterocycles. The van der Waals surface area contributed by atoms with Gasteiger partial charge in [0.15, 0.2) is 5.96 Å². The van der Waals surface area contributed by atoms with Gasteiger partial charge in [-0.25, -0.2) is 0 Å². The van der Waals surface area contributed by atoms with Crippen molar-refractivity contribution in [3.63, 3.8) is 0 Å². The second-order valence-electron chi connectivity index (χ2n) is 5.48. The smallest absolute Gasteiger partial charge is 0.190 e. The van der Waals surface area contributed by atoms with Gasteiger partial charge >= 0.3 is 0 Å². The van der Waals surface area contributed by atoms with E-state index in [1.165, 1.54) is 30.8 Å². The van der Waals surface area contributed by atoms with Gasteiger partial charge in [-0.3, -0.25) is 4.99 Å². The van der Waals surface area contributed by atoms with Crippen LogP contribution in [0.1, 0.15) is 17.7 Å². The first-order valence-corrected chi connectivity index (χ1v) is 8.31. The molecule has 0 amide bonds. The number of nitrogens with zero attached hydrogens (tertiary/aromatic N) is 2. The maximum absolute atomic E-state index is 4.29. The number of hydrogen-bond donors (Lipinski definition) is 2. The molecule has 0 aliphatic carbocycles. The molecule has 0 aromatic carbocycles. The first kappa shape index (κ1) is 15.3. The van der Waals surface area contributed by atoms with Crippen LogP contribution in [0.25, 0.3) is 0 Å². The van der Waals surface area contributed by atoms with E-state index in [2.05, 4.69) is 45.1 Å². The van der Waals surface area contributed by atoms with Crippen molar-refractivity contribution in [3.05, 3.63) is 22.4 Å². The van der Waals surface area contributed by atoms with Gasteiger partial charge in [-0.1, -0.05) is 6.07 Å². The topological polar surface area (TPSA) is 39.7 Å². The summed E-state index contributed by atoms with van der Waals surface area (Å²) >= 11 is 1.81. The van der Waals surface area contributed by atoms with Gasteiger partial charge in [0.2, 0.25) is 0 Å². The number of nitrogens with one attached hydrogen (secondary N) is 2. The number of thiophene rings is 1. The third-order valence-electron chi connectivity index (χ3n) is 3.75. The van der Waals surface area contributed by atoms with Gasteiger partial charge in [-0.2, -0.15) is 0 Å². The van der Waals surface area contributed by atoms with Crippen molar-refractivity contribution < 1.29 is 0 Å². The monoisotopic (exact) mass is 294 g/mol. The zero-order valence-corrected chi connectivity index (χ0v) is 13.4. The Morgan fingerprint density at radius 1 is 1.50 bits per heavy atom. The Morgan fingerprint density at radius 3 is 3.10 bits per heavy atom. The van der Waals surface area contributed by atoms with Crippen molar-refractivity contribution in [2.45, 2.75) is 19.3 Å². The normalized spacial score (nSPS) is 20.9. The molecule has 1 aliphatic rings. The van der Waals surface area contributed by atoms with Gasteiger partial charge in [-0.05, 0) is 50.2 Å². The molecule has 1 aromatic rings. The lowest BCUT2D eigenvalue weighted by Gasteiger charge is -2.30. The second kappa shape index (κ2) is 8.27. The van der Waals surface area contributed by atoms with Crippen molar-refractivity contribution in [2.24, 2.45) is 10.9 Å². The molecule has 0 spiro atoms. The predicted molar refractivity (Wildman–Crippen MR) is 87.6 cm³/mol. The minimum absolute atomic E-state index is 0.740. The molecular formula is C15H26N4S.